The van der Waals surface area contributed by atoms with Crippen LogP contribution in [-0.2, 0) is 19.2 Å². The van der Waals surface area contributed by atoms with Crippen molar-refractivity contribution < 1.29 is 19.2 Å². The maximum atomic E-state index is 11.8. The monoisotopic (exact) mass is 390 g/mol. The molecule has 8 heteroatoms. The summed E-state index contributed by atoms with van der Waals surface area (Å²) in [5.74, 6) is -0.603. The Kier molecular flexibility index (Phi) is 4.07. The van der Waals surface area contributed by atoms with E-state index < -0.39 is 0 Å². The molecule has 4 rings (SSSR count). The largest absolute Gasteiger partial charge is 0.289 e. The van der Waals surface area contributed by atoms with Crippen molar-refractivity contribution in [2.75, 3.05) is 0 Å². The van der Waals surface area contributed by atoms with E-state index in [9.17, 15) is 19.2 Å². The van der Waals surface area contributed by atoms with Crippen LogP contribution in [0.15, 0.2) is 64.6 Å². The highest BCUT2D eigenvalue weighted by molar-refractivity contribution is 8.30. The molecule has 118 valence electrons. The highest BCUT2D eigenvalue weighted by atomic mass is 32.2. The van der Waals surface area contributed by atoms with Gasteiger partial charge in [-0.05, 0) is 36.5 Å². The maximum Gasteiger partial charge on any atom is 0.193 e. The molecule has 0 N–H and O–H groups in total. The van der Waals surface area contributed by atoms with Gasteiger partial charge in [0, 0.05) is 0 Å². The average molecular weight is 390 g/mol. The summed E-state index contributed by atoms with van der Waals surface area (Å²) in [4.78, 5) is 49.1. The number of hydrogen-bond acceptors (Lipinski definition) is 8. The molecule has 4 nitrogen and oxygen atoms in total. The van der Waals surface area contributed by atoms with Gasteiger partial charge < -0.3 is 0 Å². The molecule has 0 atom stereocenters. The zero-order valence-corrected chi connectivity index (χ0v) is 15.0. The van der Waals surface area contributed by atoms with E-state index in [1.807, 2.05) is 12.2 Å². The van der Waals surface area contributed by atoms with Gasteiger partial charge in [-0.2, -0.15) is 0 Å². The predicted octanol–water partition coefficient (Wildman–Crippen LogP) is 3.47. The molecule has 0 radical (unpaired) electrons. The van der Waals surface area contributed by atoms with Gasteiger partial charge in [0.15, 0.2) is 23.1 Å². The molecule has 0 spiro atoms. The average Bonchev–Trinajstić information content (AvgIpc) is 3.18. The molecule has 2 aliphatic carbocycles. The molecule has 0 aromatic rings. The maximum absolute atomic E-state index is 11.8. The first kappa shape index (κ1) is 16.0. The van der Waals surface area contributed by atoms with Crippen LogP contribution in [0.1, 0.15) is 0 Å². The summed E-state index contributed by atoms with van der Waals surface area (Å²) in [5.41, 5.74) is 0. The Bertz CT molecular complexity index is 788. The number of rotatable bonds is 1. The Labute approximate surface area is 153 Å². The van der Waals surface area contributed by atoms with Crippen molar-refractivity contribution in [1.29, 1.82) is 0 Å². The topological polar surface area (TPSA) is 68.3 Å². The van der Waals surface area contributed by atoms with Gasteiger partial charge in [-0.3, -0.25) is 19.2 Å². The second-order valence-electron chi connectivity index (χ2n) is 4.82. The molecule has 0 unspecified atom stereocenters. The Morgan fingerprint density at radius 2 is 0.750 bits per heavy atom. The lowest BCUT2D eigenvalue weighted by Gasteiger charge is -2.01. The van der Waals surface area contributed by atoms with Crippen LogP contribution < -0.4 is 0 Å². The van der Waals surface area contributed by atoms with E-state index in [1.165, 1.54) is 71.4 Å². The molecule has 2 heterocycles. The van der Waals surface area contributed by atoms with Gasteiger partial charge in [-0.15, -0.1) is 0 Å². The van der Waals surface area contributed by atoms with E-state index in [1.54, 1.807) is 0 Å². The molecule has 0 amide bonds. The Morgan fingerprint density at radius 3 is 1.00 bits per heavy atom. The summed E-state index contributed by atoms with van der Waals surface area (Å²) in [6.07, 6.45) is 8.79. The third-order valence-corrected chi connectivity index (χ3v) is 8.29. The number of ketones is 4. The van der Waals surface area contributed by atoms with Gasteiger partial charge in [0.1, 0.15) is 0 Å². The summed E-state index contributed by atoms with van der Waals surface area (Å²) in [5, 5.41) is 0. The SMILES string of the molecule is O=C1C=CC(=O)C2=C1SC(=CC=C1SC3=C(S1)C(=O)C=CC3=O)S2. The van der Waals surface area contributed by atoms with Gasteiger partial charge in [-0.1, -0.05) is 47.0 Å². The van der Waals surface area contributed by atoms with Crippen molar-refractivity contribution in [3.63, 3.8) is 0 Å². The molecule has 24 heavy (non-hydrogen) atoms. The first-order valence-corrected chi connectivity index (χ1v) is 9.95. The third-order valence-electron chi connectivity index (χ3n) is 3.25. The van der Waals surface area contributed by atoms with Gasteiger partial charge in [0.05, 0.1) is 28.1 Å². The third kappa shape index (κ3) is 2.73. The van der Waals surface area contributed by atoms with Crippen molar-refractivity contribution in [1.82, 2.24) is 0 Å². The van der Waals surface area contributed by atoms with Crippen LogP contribution in [-0.4, -0.2) is 23.1 Å². The molecule has 0 aromatic carbocycles. The molecule has 0 saturated carbocycles. The zero-order chi connectivity index (χ0) is 16.8. The quantitative estimate of drug-likeness (QED) is 0.631. The minimum absolute atomic E-state index is 0.151. The number of carbonyl (C=O) groups is 4. The molecule has 0 fully saturated rings. The second kappa shape index (κ2) is 6.11. The van der Waals surface area contributed by atoms with Crippen molar-refractivity contribution in [2.45, 2.75) is 0 Å². The fraction of sp³-hybridized carbons (Fsp3) is 0. The first-order valence-electron chi connectivity index (χ1n) is 6.68. The van der Waals surface area contributed by atoms with E-state index in [0.717, 1.165) is 8.47 Å². The highest BCUT2D eigenvalue weighted by Gasteiger charge is 2.33. The van der Waals surface area contributed by atoms with Crippen molar-refractivity contribution in [3.05, 3.63) is 64.6 Å². The van der Waals surface area contributed by atoms with Crippen LogP contribution in [0, 0.1) is 0 Å². The molecule has 4 aliphatic rings. The lowest BCUT2D eigenvalue weighted by atomic mass is 10.2. The fourth-order valence-electron chi connectivity index (χ4n) is 2.16. The van der Waals surface area contributed by atoms with Crippen LogP contribution >= 0.6 is 47.0 Å². The van der Waals surface area contributed by atoms with Gasteiger partial charge >= 0.3 is 0 Å². The van der Waals surface area contributed by atoms with E-state index in [0.29, 0.717) is 19.6 Å². The normalized spacial score (nSPS) is 22.7. The lowest BCUT2D eigenvalue weighted by molar-refractivity contribution is -0.114. The molecule has 2 aliphatic heterocycles. The lowest BCUT2D eigenvalue weighted by Crippen LogP contribution is -2.07. The summed E-state index contributed by atoms with van der Waals surface area (Å²) in [6.45, 7) is 0. The Morgan fingerprint density at radius 1 is 0.500 bits per heavy atom. The van der Waals surface area contributed by atoms with Crippen molar-refractivity contribution in [2.24, 2.45) is 0 Å². The summed E-state index contributed by atoms with van der Waals surface area (Å²) in [7, 11) is 0. The highest BCUT2D eigenvalue weighted by Crippen LogP contribution is 2.53. The van der Waals surface area contributed by atoms with Crippen LogP contribution in [0.3, 0.4) is 0 Å². The summed E-state index contributed by atoms with van der Waals surface area (Å²) in [6, 6.07) is 0. The first-order chi connectivity index (χ1) is 11.5. The van der Waals surface area contributed by atoms with E-state index >= 15 is 0 Å². The molecule has 0 saturated heterocycles. The Balaban J connectivity index is 1.51. The number of hydrogen-bond donors (Lipinski definition) is 0. The van der Waals surface area contributed by atoms with E-state index in [2.05, 4.69) is 0 Å². The fourth-order valence-corrected chi connectivity index (χ4v) is 6.79. The molecular weight excluding hydrogens is 384 g/mol. The van der Waals surface area contributed by atoms with E-state index in [4.69, 9.17) is 0 Å². The second-order valence-corrected chi connectivity index (χ2v) is 9.55. The zero-order valence-electron chi connectivity index (χ0n) is 11.7. The van der Waals surface area contributed by atoms with E-state index in [-0.39, 0.29) is 23.1 Å². The Hall–Kier alpha value is -1.48. The number of carbonyl (C=O) groups excluding carboxylic acids is 4. The summed E-state index contributed by atoms with van der Waals surface area (Å²) < 4.78 is 1.64. The van der Waals surface area contributed by atoms with Crippen LogP contribution in [0.2, 0.25) is 0 Å². The predicted molar refractivity (Wildman–Crippen MR) is 98.9 cm³/mol. The number of allylic oxidation sites excluding steroid dienone is 10. The van der Waals surface area contributed by atoms with Crippen molar-refractivity contribution >= 4 is 70.2 Å². The molecule has 0 aromatic heterocycles. The van der Waals surface area contributed by atoms with Gasteiger partial charge in [-0.25, -0.2) is 0 Å². The smallest absolute Gasteiger partial charge is 0.193 e. The van der Waals surface area contributed by atoms with Crippen molar-refractivity contribution in [3.8, 4) is 0 Å². The molecule has 0 bridgehead atoms. The molecular formula is C16H6O4S4. The minimum atomic E-state index is -0.151. The van der Waals surface area contributed by atoms with Crippen LogP contribution in [0.5, 0.6) is 0 Å². The minimum Gasteiger partial charge on any atom is -0.289 e. The van der Waals surface area contributed by atoms with Gasteiger partial charge in [0.2, 0.25) is 0 Å². The number of thioether (sulfide) groups is 4. The standard InChI is InChI=1S/C16H6O4S4/c17-7-1-2-8(18)14-13(7)21-11(22-14)5-6-12-23-15-9(19)3-4-10(20)16(15)24-12/h1-6H. The van der Waals surface area contributed by atoms with Crippen LogP contribution in [0.4, 0.5) is 0 Å². The van der Waals surface area contributed by atoms with Crippen LogP contribution in [0.25, 0.3) is 0 Å². The van der Waals surface area contributed by atoms with Gasteiger partial charge in [0.25, 0.3) is 0 Å². The summed E-state index contributed by atoms with van der Waals surface area (Å²) >= 11 is 5.10.